The van der Waals surface area contributed by atoms with Gasteiger partial charge in [-0.25, -0.2) is 9.18 Å². The van der Waals surface area contributed by atoms with Gasteiger partial charge in [0, 0.05) is 38.0 Å². The number of hydrogen-bond acceptors (Lipinski definition) is 3. The number of urea groups is 1. The van der Waals surface area contributed by atoms with Crippen LogP contribution in [0.25, 0.3) is 0 Å². The van der Waals surface area contributed by atoms with Crippen LogP contribution < -0.4 is 10.1 Å². The molecule has 1 heterocycles. The number of nitrogens with zero attached hydrogens (tertiary/aromatic N) is 2. The Morgan fingerprint density at radius 2 is 2.18 bits per heavy atom. The largest absolute Gasteiger partial charge is 0.494 e. The molecule has 1 N–H and O–H groups in total. The Labute approximate surface area is 128 Å². The van der Waals surface area contributed by atoms with Crippen molar-refractivity contribution < 1.29 is 13.9 Å². The van der Waals surface area contributed by atoms with Gasteiger partial charge in [0.25, 0.3) is 0 Å². The summed E-state index contributed by atoms with van der Waals surface area (Å²) >= 11 is 0. The lowest BCUT2D eigenvalue weighted by Gasteiger charge is -2.18. The molecule has 1 aromatic heterocycles. The summed E-state index contributed by atoms with van der Waals surface area (Å²) in [5.74, 6) is -0.134. The number of hydrogen-bond donors (Lipinski definition) is 1. The first-order valence-electron chi connectivity index (χ1n) is 6.85. The highest BCUT2D eigenvalue weighted by molar-refractivity contribution is 5.90. The van der Waals surface area contributed by atoms with Crippen molar-refractivity contribution in [3.8, 4) is 5.75 Å². The molecule has 116 valence electrons. The first-order valence-corrected chi connectivity index (χ1v) is 6.85. The highest BCUT2D eigenvalue weighted by Crippen LogP contribution is 2.25. The van der Waals surface area contributed by atoms with Crippen LogP contribution in [-0.2, 0) is 6.42 Å². The van der Waals surface area contributed by atoms with Gasteiger partial charge in [0.15, 0.2) is 0 Å². The number of rotatable bonds is 5. The van der Waals surface area contributed by atoms with E-state index in [1.807, 2.05) is 18.2 Å². The Balaban J connectivity index is 1.94. The number of ether oxygens (including phenoxy) is 1. The molecule has 1 aromatic carbocycles. The lowest BCUT2D eigenvalue weighted by atomic mass is 10.2. The first kappa shape index (κ1) is 15.8. The maximum atomic E-state index is 13.1. The van der Waals surface area contributed by atoms with Crippen LogP contribution in [0.4, 0.5) is 14.9 Å². The summed E-state index contributed by atoms with van der Waals surface area (Å²) in [6.07, 6.45) is 2.38. The standard InChI is InChI=1S/C16H18FN3O2/c1-20(10-8-13-5-3-4-9-18-13)16(21)19-14-7-6-12(17)11-15(14)22-2/h3-7,9,11H,8,10H2,1-2H3,(H,19,21). The van der Waals surface area contributed by atoms with Gasteiger partial charge in [-0.05, 0) is 24.3 Å². The van der Waals surface area contributed by atoms with Crippen LogP contribution in [0, 0.1) is 5.82 Å². The second-order valence-electron chi connectivity index (χ2n) is 4.77. The molecule has 0 fully saturated rings. The van der Waals surface area contributed by atoms with Gasteiger partial charge in [0.05, 0.1) is 12.8 Å². The number of aromatic nitrogens is 1. The Morgan fingerprint density at radius 3 is 2.86 bits per heavy atom. The van der Waals surface area contributed by atoms with Crippen molar-refractivity contribution in [2.24, 2.45) is 0 Å². The first-order chi connectivity index (χ1) is 10.6. The van der Waals surface area contributed by atoms with Gasteiger partial charge >= 0.3 is 6.03 Å². The predicted octanol–water partition coefficient (Wildman–Crippen LogP) is 2.94. The molecule has 0 spiro atoms. The quantitative estimate of drug-likeness (QED) is 0.924. The molecule has 0 saturated carbocycles. The number of pyridine rings is 1. The molecule has 2 amide bonds. The molecular formula is C16H18FN3O2. The Morgan fingerprint density at radius 1 is 1.36 bits per heavy atom. The number of amides is 2. The van der Waals surface area contributed by atoms with Gasteiger partial charge in [-0.3, -0.25) is 4.98 Å². The third kappa shape index (κ3) is 4.18. The van der Waals surface area contributed by atoms with Gasteiger partial charge in [0.2, 0.25) is 0 Å². The molecule has 0 aliphatic heterocycles. The van der Waals surface area contributed by atoms with E-state index in [2.05, 4.69) is 10.3 Å². The van der Waals surface area contributed by atoms with Crippen molar-refractivity contribution in [3.63, 3.8) is 0 Å². The van der Waals surface area contributed by atoms with E-state index in [0.717, 1.165) is 5.69 Å². The van der Waals surface area contributed by atoms with Crippen molar-refractivity contribution in [3.05, 3.63) is 54.1 Å². The minimum absolute atomic E-state index is 0.284. The highest BCUT2D eigenvalue weighted by Gasteiger charge is 2.12. The van der Waals surface area contributed by atoms with Gasteiger partial charge in [0.1, 0.15) is 11.6 Å². The van der Waals surface area contributed by atoms with Crippen molar-refractivity contribution in [1.29, 1.82) is 0 Å². The van der Waals surface area contributed by atoms with Crippen LogP contribution in [0.5, 0.6) is 5.75 Å². The summed E-state index contributed by atoms with van der Waals surface area (Å²) in [4.78, 5) is 17.9. The normalized spacial score (nSPS) is 10.1. The number of halogens is 1. The summed E-state index contributed by atoms with van der Waals surface area (Å²) in [6.45, 7) is 0.520. The zero-order valence-corrected chi connectivity index (χ0v) is 12.5. The molecule has 22 heavy (non-hydrogen) atoms. The van der Waals surface area contributed by atoms with Crippen LogP contribution >= 0.6 is 0 Å². The van der Waals surface area contributed by atoms with Gasteiger partial charge in [-0.15, -0.1) is 0 Å². The molecule has 2 rings (SSSR count). The lowest BCUT2D eigenvalue weighted by molar-refractivity contribution is 0.223. The van der Waals surface area contributed by atoms with E-state index in [0.29, 0.717) is 18.7 Å². The van der Waals surface area contributed by atoms with Crippen molar-refractivity contribution in [2.75, 3.05) is 26.0 Å². The number of likely N-dealkylation sites (N-methyl/N-ethyl adjacent to an activating group) is 1. The van der Waals surface area contributed by atoms with E-state index in [4.69, 9.17) is 4.74 Å². The molecule has 0 saturated heterocycles. The third-order valence-electron chi connectivity index (χ3n) is 3.18. The smallest absolute Gasteiger partial charge is 0.321 e. The fourth-order valence-corrected chi connectivity index (χ4v) is 1.91. The number of benzene rings is 1. The van der Waals surface area contributed by atoms with Crippen LogP contribution in [-0.4, -0.2) is 36.6 Å². The van der Waals surface area contributed by atoms with Crippen LogP contribution in [0.15, 0.2) is 42.6 Å². The van der Waals surface area contributed by atoms with Crippen molar-refractivity contribution in [1.82, 2.24) is 9.88 Å². The minimum atomic E-state index is -0.418. The van der Waals surface area contributed by atoms with Gasteiger partial charge in [-0.2, -0.15) is 0 Å². The summed E-state index contributed by atoms with van der Waals surface area (Å²) in [7, 11) is 3.11. The number of carbonyl (C=O) groups excluding carboxylic acids is 1. The number of carbonyl (C=O) groups is 1. The van der Waals surface area contributed by atoms with Crippen LogP contribution in [0.1, 0.15) is 5.69 Å². The Kier molecular flexibility index (Phi) is 5.30. The number of nitrogens with one attached hydrogen (secondary N) is 1. The molecule has 0 aliphatic carbocycles. The predicted molar refractivity (Wildman–Crippen MR) is 82.5 cm³/mol. The summed E-state index contributed by atoms with van der Waals surface area (Å²) < 4.78 is 18.2. The maximum absolute atomic E-state index is 13.1. The number of anilines is 1. The number of methoxy groups -OCH3 is 1. The van der Waals surface area contributed by atoms with Gasteiger partial charge in [-0.1, -0.05) is 6.07 Å². The monoisotopic (exact) mass is 303 g/mol. The second-order valence-corrected chi connectivity index (χ2v) is 4.77. The molecule has 5 nitrogen and oxygen atoms in total. The van der Waals surface area contributed by atoms with E-state index < -0.39 is 5.82 Å². The molecule has 0 unspecified atom stereocenters. The molecule has 0 bridgehead atoms. The topological polar surface area (TPSA) is 54.5 Å². The van der Waals surface area contributed by atoms with Crippen LogP contribution in [0.2, 0.25) is 0 Å². The fourth-order valence-electron chi connectivity index (χ4n) is 1.91. The van der Waals surface area contributed by atoms with E-state index in [1.165, 1.54) is 30.2 Å². The SMILES string of the molecule is COc1cc(F)ccc1NC(=O)N(C)CCc1ccccn1. The molecule has 0 radical (unpaired) electrons. The van der Waals surface area contributed by atoms with E-state index in [1.54, 1.807) is 13.2 Å². The molecule has 6 heteroatoms. The zero-order valence-electron chi connectivity index (χ0n) is 12.5. The minimum Gasteiger partial charge on any atom is -0.494 e. The third-order valence-corrected chi connectivity index (χ3v) is 3.18. The maximum Gasteiger partial charge on any atom is 0.321 e. The molecule has 2 aromatic rings. The van der Waals surface area contributed by atoms with E-state index >= 15 is 0 Å². The fraction of sp³-hybridized carbons (Fsp3) is 0.250. The van der Waals surface area contributed by atoms with Gasteiger partial charge < -0.3 is 15.0 Å². The Bertz CT molecular complexity index is 635. The van der Waals surface area contributed by atoms with Crippen LogP contribution in [0.3, 0.4) is 0 Å². The second kappa shape index (κ2) is 7.40. The molecule has 0 atom stereocenters. The average molecular weight is 303 g/mol. The molecule has 0 aliphatic rings. The van der Waals surface area contributed by atoms with Crippen molar-refractivity contribution in [2.45, 2.75) is 6.42 Å². The summed E-state index contributed by atoms with van der Waals surface area (Å²) in [5, 5.41) is 2.70. The zero-order chi connectivity index (χ0) is 15.9. The van der Waals surface area contributed by atoms with E-state index in [9.17, 15) is 9.18 Å². The average Bonchev–Trinajstić information content (AvgIpc) is 2.55. The lowest BCUT2D eigenvalue weighted by Crippen LogP contribution is -2.33. The molecular weight excluding hydrogens is 285 g/mol. The summed E-state index contributed by atoms with van der Waals surface area (Å²) in [6, 6.07) is 9.34. The van der Waals surface area contributed by atoms with E-state index in [-0.39, 0.29) is 11.8 Å². The highest BCUT2D eigenvalue weighted by atomic mass is 19.1. The van der Waals surface area contributed by atoms with Crippen molar-refractivity contribution >= 4 is 11.7 Å². The Hall–Kier alpha value is -2.63. The summed E-state index contributed by atoms with van der Waals surface area (Å²) in [5.41, 5.74) is 1.35.